The summed E-state index contributed by atoms with van der Waals surface area (Å²) in [6.45, 7) is 3.43. The van der Waals surface area contributed by atoms with Crippen molar-refractivity contribution in [3.8, 4) is 5.75 Å². The van der Waals surface area contributed by atoms with E-state index in [1.54, 1.807) is 26.0 Å². The quantitative estimate of drug-likeness (QED) is 0.546. The summed E-state index contributed by atoms with van der Waals surface area (Å²) in [5.41, 5.74) is 0.497. The van der Waals surface area contributed by atoms with E-state index in [2.05, 4.69) is 22.6 Å². The molecule has 1 heterocycles. The van der Waals surface area contributed by atoms with Crippen molar-refractivity contribution in [2.24, 2.45) is 0 Å². The van der Waals surface area contributed by atoms with Gasteiger partial charge in [0.2, 0.25) is 5.79 Å². The van der Waals surface area contributed by atoms with Crippen LogP contribution in [-0.2, 0) is 4.74 Å². The third-order valence-corrected chi connectivity index (χ3v) is 2.53. The third kappa shape index (κ3) is 1.70. The second-order valence-electron chi connectivity index (χ2n) is 3.53. The van der Waals surface area contributed by atoms with Crippen LogP contribution in [-0.4, -0.2) is 11.8 Å². The van der Waals surface area contributed by atoms with Crippen LogP contribution in [0.1, 0.15) is 24.2 Å². The molecule has 0 unspecified atom stereocenters. The molecule has 4 heteroatoms. The largest absolute Gasteiger partial charge is 0.452 e. The highest BCUT2D eigenvalue weighted by atomic mass is 127. The lowest BCUT2D eigenvalue weighted by Gasteiger charge is -2.31. The predicted octanol–water partition coefficient (Wildman–Crippen LogP) is 2.58. The summed E-state index contributed by atoms with van der Waals surface area (Å²) >= 11 is 2.14. The Kier molecular flexibility index (Phi) is 2.17. The zero-order valence-electron chi connectivity index (χ0n) is 7.83. The first-order valence-electron chi connectivity index (χ1n) is 4.20. The molecule has 0 saturated carbocycles. The number of esters is 1. The van der Waals surface area contributed by atoms with Gasteiger partial charge in [-0.05, 0) is 40.8 Å². The monoisotopic (exact) mass is 304 g/mol. The van der Waals surface area contributed by atoms with Gasteiger partial charge in [-0.15, -0.1) is 0 Å². The summed E-state index contributed by atoms with van der Waals surface area (Å²) in [5.74, 6) is -0.599. The number of carbonyl (C=O) groups excluding carboxylic acids is 1. The van der Waals surface area contributed by atoms with E-state index >= 15 is 0 Å². The molecule has 0 amide bonds. The molecule has 0 aromatic heterocycles. The Balaban J connectivity index is 2.50. The first-order chi connectivity index (χ1) is 6.48. The summed E-state index contributed by atoms with van der Waals surface area (Å²) in [7, 11) is 0. The van der Waals surface area contributed by atoms with Crippen molar-refractivity contribution in [2.75, 3.05) is 0 Å². The van der Waals surface area contributed by atoms with E-state index in [-0.39, 0.29) is 5.97 Å². The van der Waals surface area contributed by atoms with Gasteiger partial charge in [0.25, 0.3) is 0 Å². The lowest BCUT2D eigenvalue weighted by atomic mass is 10.1. The molecule has 14 heavy (non-hydrogen) atoms. The van der Waals surface area contributed by atoms with Gasteiger partial charge in [-0.3, -0.25) is 0 Å². The molecule has 0 N–H and O–H groups in total. The van der Waals surface area contributed by atoms with Gasteiger partial charge in [0, 0.05) is 17.4 Å². The summed E-state index contributed by atoms with van der Waals surface area (Å²) in [5, 5.41) is 0. The molecular formula is C10H9IO3. The maximum Gasteiger partial charge on any atom is 0.345 e. The van der Waals surface area contributed by atoms with E-state index in [9.17, 15) is 4.79 Å². The summed E-state index contributed by atoms with van der Waals surface area (Å²) in [6, 6.07) is 5.45. The van der Waals surface area contributed by atoms with E-state index in [0.717, 1.165) is 3.57 Å². The Hall–Kier alpha value is -0.780. The highest BCUT2D eigenvalue weighted by Gasteiger charge is 2.33. The van der Waals surface area contributed by atoms with Crippen molar-refractivity contribution in [3.05, 3.63) is 27.3 Å². The normalized spacial score (nSPS) is 18.1. The number of rotatable bonds is 0. The van der Waals surface area contributed by atoms with Crippen molar-refractivity contribution >= 4 is 28.6 Å². The van der Waals surface area contributed by atoms with E-state index in [0.29, 0.717) is 11.3 Å². The number of ether oxygens (including phenoxy) is 2. The lowest BCUT2D eigenvalue weighted by molar-refractivity contribution is -0.127. The van der Waals surface area contributed by atoms with Crippen LogP contribution in [0.4, 0.5) is 0 Å². The molecule has 0 bridgehead atoms. The Labute approximate surface area is 95.5 Å². The maximum absolute atomic E-state index is 11.5. The molecule has 0 atom stereocenters. The molecular weight excluding hydrogens is 295 g/mol. The fraction of sp³-hybridized carbons (Fsp3) is 0.300. The number of carbonyl (C=O) groups is 1. The molecule has 1 aliphatic heterocycles. The average Bonchev–Trinajstić information content (AvgIpc) is 2.05. The molecule has 74 valence electrons. The van der Waals surface area contributed by atoms with Gasteiger partial charge in [0.1, 0.15) is 11.3 Å². The van der Waals surface area contributed by atoms with Crippen LogP contribution in [0, 0.1) is 3.57 Å². The minimum Gasteiger partial charge on any atom is -0.452 e. The Bertz CT molecular complexity index is 398. The summed E-state index contributed by atoms with van der Waals surface area (Å²) < 4.78 is 11.6. The number of benzene rings is 1. The Morgan fingerprint density at radius 1 is 1.29 bits per heavy atom. The SMILES string of the molecule is CC1(C)OC(=O)c2cc(I)ccc2O1. The van der Waals surface area contributed by atoms with Crippen LogP contribution in [0.25, 0.3) is 0 Å². The number of halogens is 1. The number of fused-ring (bicyclic) bond motifs is 1. The molecule has 0 radical (unpaired) electrons. The van der Waals surface area contributed by atoms with Crippen molar-refractivity contribution in [3.63, 3.8) is 0 Å². The van der Waals surface area contributed by atoms with Gasteiger partial charge in [-0.25, -0.2) is 4.79 Å². The fourth-order valence-corrected chi connectivity index (χ4v) is 1.81. The topological polar surface area (TPSA) is 35.5 Å². The Morgan fingerprint density at radius 2 is 2.00 bits per heavy atom. The molecule has 1 aromatic carbocycles. The second-order valence-corrected chi connectivity index (χ2v) is 4.78. The van der Waals surface area contributed by atoms with Gasteiger partial charge in [0.15, 0.2) is 0 Å². The molecule has 0 fully saturated rings. The number of hydrogen-bond acceptors (Lipinski definition) is 3. The van der Waals surface area contributed by atoms with Gasteiger partial charge >= 0.3 is 5.97 Å². The molecule has 0 spiro atoms. The highest BCUT2D eigenvalue weighted by molar-refractivity contribution is 14.1. The van der Waals surface area contributed by atoms with Crippen LogP contribution in [0.5, 0.6) is 5.75 Å². The van der Waals surface area contributed by atoms with Crippen LogP contribution in [0.3, 0.4) is 0 Å². The van der Waals surface area contributed by atoms with Crippen molar-refractivity contribution < 1.29 is 14.3 Å². The van der Waals surface area contributed by atoms with Gasteiger partial charge in [-0.2, -0.15) is 0 Å². The standard InChI is InChI=1S/C10H9IO3/c1-10(2)13-8-4-3-6(11)5-7(8)9(12)14-10/h3-5H,1-2H3. The zero-order chi connectivity index (χ0) is 10.3. The van der Waals surface area contributed by atoms with Crippen molar-refractivity contribution in [1.29, 1.82) is 0 Å². The first-order valence-corrected chi connectivity index (χ1v) is 5.28. The number of cyclic esters (lactones) is 1. The smallest absolute Gasteiger partial charge is 0.345 e. The van der Waals surface area contributed by atoms with Crippen LogP contribution in [0.15, 0.2) is 18.2 Å². The first kappa shape index (κ1) is 9.76. The minimum absolute atomic E-state index is 0.324. The third-order valence-electron chi connectivity index (χ3n) is 1.86. The number of hydrogen-bond donors (Lipinski definition) is 0. The van der Waals surface area contributed by atoms with E-state index in [4.69, 9.17) is 9.47 Å². The molecule has 2 rings (SSSR count). The van der Waals surface area contributed by atoms with E-state index < -0.39 is 5.79 Å². The second kappa shape index (κ2) is 3.12. The van der Waals surface area contributed by atoms with Gasteiger partial charge < -0.3 is 9.47 Å². The molecule has 1 aromatic rings. The molecule has 0 aliphatic carbocycles. The van der Waals surface area contributed by atoms with Gasteiger partial charge in [0.05, 0.1) is 0 Å². The Morgan fingerprint density at radius 3 is 2.71 bits per heavy atom. The van der Waals surface area contributed by atoms with E-state index in [1.165, 1.54) is 0 Å². The molecule has 0 saturated heterocycles. The average molecular weight is 304 g/mol. The zero-order valence-corrected chi connectivity index (χ0v) is 9.99. The minimum atomic E-state index is -0.864. The maximum atomic E-state index is 11.5. The fourth-order valence-electron chi connectivity index (χ4n) is 1.31. The summed E-state index contributed by atoms with van der Waals surface area (Å²) in [4.78, 5) is 11.5. The summed E-state index contributed by atoms with van der Waals surface area (Å²) in [6.07, 6.45) is 0. The highest BCUT2D eigenvalue weighted by Crippen LogP contribution is 2.31. The van der Waals surface area contributed by atoms with Crippen LogP contribution in [0.2, 0.25) is 0 Å². The van der Waals surface area contributed by atoms with Crippen LogP contribution < -0.4 is 4.74 Å². The predicted molar refractivity (Wildman–Crippen MR) is 59.3 cm³/mol. The van der Waals surface area contributed by atoms with Gasteiger partial charge in [-0.1, -0.05) is 0 Å². The molecule has 3 nitrogen and oxygen atoms in total. The molecule has 1 aliphatic rings. The van der Waals surface area contributed by atoms with Crippen molar-refractivity contribution in [1.82, 2.24) is 0 Å². The van der Waals surface area contributed by atoms with E-state index in [1.807, 2.05) is 6.07 Å². The van der Waals surface area contributed by atoms with Crippen LogP contribution >= 0.6 is 22.6 Å². The van der Waals surface area contributed by atoms with Crippen molar-refractivity contribution in [2.45, 2.75) is 19.6 Å². The lowest BCUT2D eigenvalue weighted by Crippen LogP contribution is -2.38.